The highest BCUT2D eigenvalue weighted by molar-refractivity contribution is 6.31. The third-order valence-corrected chi connectivity index (χ3v) is 3.43. The first-order valence-corrected chi connectivity index (χ1v) is 6.36. The molecular formula is C13H13ClN2O4. The van der Waals surface area contributed by atoms with Gasteiger partial charge in [-0.3, -0.25) is 14.4 Å². The molecule has 0 aliphatic carbocycles. The summed E-state index contributed by atoms with van der Waals surface area (Å²) >= 11 is 5.86. The van der Waals surface area contributed by atoms with Crippen molar-refractivity contribution in [3.63, 3.8) is 0 Å². The van der Waals surface area contributed by atoms with Crippen molar-refractivity contribution in [3.8, 4) is 0 Å². The summed E-state index contributed by atoms with van der Waals surface area (Å²) in [7, 11) is 1.47. The summed E-state index contributed by atoms with van der Waals surface area (Å²) in [5, 5.41) is 11.8. The van der Waals surface area contributed by atoms with Gasteiger partial charge in [-0.05, 0) is 18.2 Å². The number of amides is 2. The van der Waals surface area contributed by atoms with Crippen molar-refractivity contribution in [2.45, 2.75) is 6.42 Å². The molecule has 106 valence electrons. The number of halogens is 1. The number of hydrogen-bond donors (Lipinski definition) is 2. The Bertz CT molecular complexity index is 588. The summed E-state index contributed by atoms with van der Waals surface area (Å²) in [6.07, 6.45) is -0.0643. The minimum absolute atomic E-state index is 0.0554. The number of carboxylic acid groups (broad SMARTS) is 1. The Morgan fingerprint density at radius 1 is 1.45 bits per heavy atom. The minimum atomic E-state index is -1.02. The highest BCUT2D eigenvalue weighted by atomic mass is 35.5. The van der Waals surface area contributed by atoms with Crippen LogP contribution < -0.4 is 10.2 Å². The second-order valence-corrected chi connectivity index (χ2v) is 4.92. The first-order chi connectivity index (χ1) is 9.43. The van der Waals surface area contributed by atoms with Crippen LogP contribution in [-0.4, -0.2) is 36.5 Å². The molecule has 0 saturated carbocycles. The van der Waals surface area contributed by atoms with Crippen molar-refractivity contribution in [3.05, 3.63) is 28.8 Å². The third-order valence-electron chi connectivity index (χ3n) is 3.20. The molecule has 1 atom stereocenters. The molecule has 1 saturated heterocycles. The quantitative estimate of drug-likeness (QED) is 0.875. The van der Waals surface area contributed by atoms with Gasteiger partial charge in [-0.15, -0.1) is 0 Å². The number of carboxylic acids is 1. The lowest BCUT2D eigenvalue weighted by Gasteiger charge is -2.19. The molecule has 2 rings (SSSR count). The van der Waals surface area contributed by atoms with E-state index in [0.29, 0.717) is 10.7 Å². The first kappa shape index (κ1) is 14.3. The highest BCUT2D eigenvalue weighted by Crippen LogP contribution is 2.30. The van der Waals surface area contributed by atoms with Crippen molar-refractivity contribution in [1.29, 1.82) is 0 Å². The SMILES string of the molecule is CNC(=O)c1cc(Cl)ccc1N1CC(C(=O)O)CC1=O. The molecule has 1 fully saturated rings. The van der Waals surface area contributed by atoms with Gasteiger partial charge in [-0.25, -0.2) is 0 Å². The van der Waals surface area contributed by atoms with Crippen molar-refractivity contribution in [1.82, 2.24) is 5.32 Å². The summed E-state index contributed by atoms with van der Waals surface area (Å²) in [6, 6.07) is 4.57. The lowest BCUT2D eigenvalue weighted by molar-refractivity contribution is -0.141. The van der Waals surface area contributed by atoms with E-state index < -0.39 is 11.9 Å². The van der Waals surface area contributed by atoms with Gasteiger partial charge in [0.15, 0.2) is 0 Å². The van der Waals surface area contributed by atoms with Gasteiger partial charge in [-0.2, -0.15) is 0 Å². The van der Waals surface area contributed by atoms with Gasteiger partial charge in [0.25, 0.3) is 5.91 Å². The van der Waals surface area contributed by atoms with Gasteiger partial charge in [0.2, 0.25) is 5.91 Å². The van der Waals surface area contributed by atoms with E-state index in [1.165, 1.54) is 18.0 Å². The minimum Gasteiger partial charge on any atom is -0.481 e. The molecule has 20 heavy (non-hydrogen) atoms. The molecule has 2 N–H and O–H groups in total. The molecule has 0 bridgehead atoms. The predicted octanol–water partition coefficient (Wildman–Crippen LogP) is 1.14. The molecule has 0 spiro atoms. The van der Waals surface area contributed by atoms with E-state index in [-0.39, 0.29) is 30.3 Å². The van der Waals surface area contributed by atoms with E-state index in [9.17, 15) is 14.4 Å². The maximum atomic E-state index is 11.9. The molecule has 1 aliphatic heterocycles. The van der Waals surface area contributed by atoms with E-state index in [0.717, 1.165) is 0 Å². The summed E-state index contributed by atoms with van der Waals surface area (Å²) in [5.74, 6) is -2.47. The normalized spacial score (nSPS) is 18.2. The molecule has 1 heterocycles. The number of rotatable bonds is 3. The topological polar surface area (TPSA) is 86.7 Å². The Labute approximate surface area is 120 Å². The largest absolute Gasteiger partial charge is 0.481 e. The van der Waals surface area contributed by atoms with E-state index in [1.54, 1.807) is 12.1 Å². The molecule has 1 aromatic rings. The average Bonchev–Trinajstić information content (AvgIpc) is 2.80. The lowest BCUT2D eigenvalue weighted by atomic mass is 10.1. The molecule has 0 radical (unpaired) electrons. The second kappa shape index (κ2) is 5.50. The number of benzene rings is 1. The Kier molecular flexibility index (Phi) is 3.94. The summed E-state index contributed by atoms with van der Waals surface area (Å²) in [5.41, 5.74) is 0.627. The van der Waals surface area contributed by atoms with Crippen LogP contribution in [0.15, 0.2) is 18.2 Å². The fourth-order valence-electron chi connectivity index (χ4n) is 2.17. The van der Waals surface area contributed by atoms with Gasteiger partial charge in [0.05, 0.1) is 17.2 Å². The monoisotopic (exact) mass is 296 g/mol. The van der Waals surface area contributed by atoms with Crippen LogP contribution in [0.2, 0.25) is 5.02 Å². The van der Waals surface area contributed by atoms with E-state index in [1.807, 2.05) is 0 Å². The molecule has 6 nitrogen and oxygen atoms in total. The van der Waals surface area contributed by atoms with Gasteiger partial charge in [0, 0.05) is 25.0 Å². The maximum absolute atomic E-state index is 11.9. The van der Waals surface area contributed by atoms with Crippen molar-refractivity contribution in [2.75, 3.05) is 18.5 Å². The smallest absolute Gasteiger partial charge is 0.308 e. The van der Waals surface area contributed by atoms with E-state index in [2.05, 4.69) is 5.32 Å². The van der Waals surface area contributed by atoms with Crippen LogP contribution in [0.1, 0.15) is 16.8 Å². The molecule has 1 aromatic carbocycles. The molecule has 1 aliphatic rings. The molecule has 7 heteroatoms. The van der Waals surface area contributed by atoms with Crippen LogP contribution in [0.3, 0.4) is 0 Å². The highest BCUT2D eigenvalue weighted by Gasteiger charge is 2.36. The van der Waals surface area contributed by atoms with E-state index in [4.69, 9.17) is 16.7 Å². The average molecular weight is 297 g/mol. The number of aliphatic carboxylic acids is 1. The number of hydrogen-bond acceptors (Lipinski definition) is 3. The maximum Gasteiger partial charge on any atom is 0.308 e. The third kappa shape index (κ3) is 2.60. The van der Waals surface area contributed by atoms with Crippen LogP contribution >= 0.6 is 11.6 Å². The zero-order chi connectivity index (χ0) is 14.9. The zero-order valence-electron chi connectivity index (χ0n) is 10.7. The number of anilines is 1. The summed E-state index contributed by atoms with van der Waals surface area (Å²) in [6.45, 7) is 0.0554. The van der Waals surface area contributed by atoms with Crippen LogP contribution in [0.5, 0.6) is 0 Å². The first-order valence-electron chi connectivity index (χ1n) is 5.99. The second-order valence-electron chi connectivity index (χ2n) is 4.48. The molecule has 2 amide bonds. The molecule has 0 aromatic heterocycles. The Morgan fingerprint density at radius 2 is 2.15 bits per heavy atom. The zero-order valence-corrected chi connectivity index (χ0v) is 11.5. The predicted molar refractivity (Wildman–Crippen MR) is 72.9 cm³/mol. The number of carbonyl (C=O) groups excluding carboxylic acids is 2. The van der Waals surface area contributed by atoms with Crippen molar-refractivity contribution < 1.29 is 19.5 Å². The van der Waals surface area contributed by atoms with Crippen molar-refractivity contribution in [2.24, 2.45) is 5.92 Å². The van der Waals surface area contributed by atoms with Crippen molar-refractivity contribution >= 4 is 35.1 Å². The van der Waals surface area contributed by atoms with E-state index >= 15 is 0 Å². The molecular weight excluding hydrogens is 284 g/mol. The van der Waals surface area contributed by atoms with Crippen LogP contribution in [0.25, 0.3) is 0 Å². The summed E-state index contributed by atoms with van der Waals surface area (Å²) in [4.78, 5) is 36.1. The van der Waals surface area contributed by atoms with Gasteiger partial charge in [0.1, 0.15) is 0 Å². The number of carbonyl (C=O) groups is 3. The van der Waals surface area contributed by atoms with Gasteiger partial charge in [-0.1, -0.05) is 11.6 Å². The van der Waals surface area contributed by atoms with Gasteiger partial charge >= 0.3 is 5.97 Å². The Hall–Kier alpha value is -2.08. The molecule has 1 unspecified atom stereocenters. The lowest BCUT2D eigenvalue weighted by Crippen LogP contribution is -2.29. The van der Waals surface area contributed by atoms with Crippen LogP contribution in [0.4, 0.5) is 5.69 Å². The van der Waals surface area contributed by atoms with Crippen LogP contribution in [0, 0.1) is 5.92 Å². The van der Waals surface area contributed by atoms with Gasteiger partial charge < -0.3 is 15.3 Å². The van der Waals surface area contributed by atoms with Crippen LogP contribution in [-0.2, 0) is 9.59 Å². The fourth-order valence-corrected chi connectivity index (χ4v) is 2.34. The summed E-state index contributed by atoms with van der Waals surface area (Å²) < 4.78 is 0. The Morgan fingerprint density at radius 3 is 2.70 bits per heavy atom. The number of nitrogens with one attached hydrogen (secondary N) is 1. The Balaban J connectivity index is 2.40. The fraction of sp³-hybridized carbons (Fsp3) is 0.308. The number of nitrogens with zero attached hydrogens (tertiary/aromatic N) is 1. The standard InChI is InChI=1S/C13H13ClN2O4/c1-15-12(18)9-5-8(14)2-3-10(9)16-6-7(13(19)20)4-11(16)17/h2-3,5,7H,4,6H2,1H3,(H,15,18)(H,19,20).